The molecule has 2 aromatic rings. The highest BCUT2D eigenvalue weighted by molar-refractivity contribution is 6.06. The molecule has 5 nitrogen and oxygen atoms in total. The van der Waals surface area contributed by atoms with Crippen molar-refractivity contribution in [3.05, 3.63) is 42.1 Å². The van der Waals surface area contributed by atoms with E-state index in [0.29, 0.717) is 31.2 Å². The molecule has 5 heteroatoms. The number of hydrogen-bond donors (Lipinski definition) is 0. The highest BCUT2D eigenvalue weighted by Gasteiger charge is 2.54. The van der Waals surface area contributed by atoms with Gasteiger partial charge in [-0.05, 0) is 18.6 Å². The lowest BCUT2D eigenvalue weighted by Gasteiger charge is -2.50. The Morgan fingerprint density at radius 2 is 2.22 bits per heavy atom. The van der Waals surface area contributed by atoms with Crippen LogP contribution in [0.5, 0.6) is 0 Å². The second-order valence-corrected chi connectivity index (χ2v) is 6.39. The second-order valence-electron chi connectivity index (χ2n) is 6.39. The van der Waals surface area contributed by atoms with E-state index in [0.717, 1.165) is 23.9 Å². The van der Waals surface area contributed by atoms with Gasteiger partial charge in [0, 0.05) is 31.2 Å². The van der Waals surface area contributed by atoms with Crippen molar-refractivity contribution in [2.75, 3.05) is 33.4 Å². The lowest BCUT2D eigenvalue weighted by atomic mass is 9.81. The zero-order valence-electron chi connectivity index (χ0n) is 13.2. The number of ether oxygens (including phenoxy) is 2. The Labute approximate surface area is 135 Å². The first-order valence-corrected chi connectivity index (χ1v) is 7.99. The molecule has 2 aliphatic heterocycles. The fourth-order valence-corrected chi connectivity index (χ4v) is 3.77. The molecule has 1 aromatic carbocycles. The van der Waals surface area contributed by atoms with Crippen LogP contribution in [0.3, 0.4) is 0 Å². The van der Waals surface area contributed by atoms with Crippen molar-refractivity contribution in [1.82, 2.24) is 9.88 Å². The Hall–Kier alpha value is -1.98. The van der Waals surface area contributed by atoms with Crippen molar-refractivity contribution in [3.63, 3.8) is 0 Å². The Balaban J connectivity index is 1.55. The summed E-state index contributed by atoms with van der Waals surface area (Å²) in [7, 11) is 1.72. The molecule has 2 aliphatic rings. The highest BCUT2D eigenvalue weighted by atomic mass is 16.5. The van der Waals surface area contributed by atoms with Crippen LogP contribution in [0.1, 0.15) is 16.8 Å². The molecule has 0 radical (unpaired) electrons. The van der Waals surface area contributed by atoms with Gasteiger partial charge in [0.15, 0.2) is 0 Å². The summed E-state index contributed by atoms with van der Waals surface area (Å²) in [5.41, 5.74) is 1.36. The van der Waals surface area contributed by atoms with Crippen molar-refractivity contribution in [3.8, 4) is 0 Å². The van der Waals surface area contributed by atoms with Gasteiger partial charge in [-0.3, -0.25) is 9.78 Å². The molecular formula is C18H20N2O3. The largest absolute Gasteiger partial charge is 0.384 e. The zero-order valence-corrected chi connectivity index (χ0v) is 13.2. The van der Waals surface area contributed by atoms with Gasteiger partial charge in [0.25, 0.3) is 5.91 Å². The van der Waals surface area contributed by atoms with Gasteiger partial charge >= 0.3 is 0 Å². The Kier molecular flexibility index (Phi) is 3.54. The topological polar surface area (TPSA) is 51.7 Å². The minimum absolute atomic E-state index is 0.0564. The van der Waals surface area contributed by atoms with Crippen molar-refractivity contribution in [1.29, 1.82) is 0 Å². The molecule has 3 heterocycles. The van der Waals surface area contributed by atoms with Crippen molar-refractivity contribution in [2.24, 2.45) is 5.92 Å². The van der Waals surface area contributed by atoms with E-state index in [1.807, 2.05) is 29.2 Å². The molecule has 23 heavy (non-hydrogen) atoms. The number of methoxy groups -OCH3 is 1. The third kappa shape index (κ3) is 2.31. The predicted octanol–water partition coefficient (Wildman–Crippen LogP) is 2.11. The van der Waals surface area contributed by atoms with Crippen molar-refractivity contribution < 1.29 is 14.3 Å². The SMILES string of the molecule is COC[C@@H]1CCOC12CN(C(=O)c1ccnc3ccccc13)C2. The summed E-state index contributed by atoms with van der Waals surface area (Å²) in [5.74, 6) is 0.437. The predicted molar refractivity (Wildman–Crippen MR) is 86.3 cm³/mol. The van der Waals surface area contributed by atoms with Crippen molar-refractivity contribution in [2.45, 2.75) is 12.0 Å². The number of nitrogens with zero attached hydrogens (tertiary/aromatic N) is 2. The van der Waals surface area contributed by atoms with E-state index in [1.54, 1.807) is 19.4 Å². The lowest BCUT2D eigenvalue weighted by molar-refractivity contribution is -0.125. The standard InChI is InChI=1S/C18H20N2O3/c1-22-10-13-7-9-23-18(13)11-20(12-18)17(21)15-6-8-19-16-5-3-2-4-14(15)16/h2-6,8,13H,7,9-12H2,1H3/t13-/m0/s1. The number of hydrogen-bond acceptors (Lipinski definition) is 4. The Morgan fingerprint density at radius 1 is 1.39 bits per heavy atom. The van der Waals surface area contributed by atoms with Gasteiger partial charge in [-0.1, -0.05) is 18.2 Å². The minimum atomic E-state index is -0.200. The minimum Gasteiger partial charge on any atom is -0.384 e. The van der Waals surface area contributed by atoms with Crippen LogP contribution in [0.2, 0.25) is 0 Å². The first-order chi connectivity index (χ1) is 11.2. The van der Waals surface area contributed by atoms with Gasteiger partial charge < -0.3 is 14.4 Å². The fourth-order valence-electron chi connectivity index (χ4n) is 3.77. The number of rotatable bonds is 3. The van der Waals surface area contributed by atoms with Gasteiger partial charge in [0.1, 0.15) is 5.60 Å². The van der Waals surface area contributed by atoms with Gasteiger partial charge in [-0.2, -0.15) is 0 Å². The van der Waals surface area contributed by atoms with Crippen LogP contribution in [0.15, 0.2) is 36.5 Å². The van der Waals surface area contributed by atoms with Gasteiger partial charge in [-0.15, -0.1) is 0 Å². The van der Waals surface area contributed by atoms with Crippen molar-refractivity contribution >= 4 is 16.8 Å². The quantitative estimate of drug-likeness (QED) is 0.871. The second kappa shape index (κ2) is 5.58. The normalized spacial score (nSPS) is 22.5. The van der Waals surface area contributed by atoms with Gasteiger partial charge in [-0.25, -0.2) is 0 Å². The summed E-state index contributed by atoms with van der Waals surface area (Å²) < 4.78 is 11.3. The number of carbonyl (C=O) groups is 1. The van der Waals surface area contributed by atoms with Crippen LogP contribution < -0.4 is 0 Å². The molecule has 0 N–H and O–H groups in total. The van der Waals surface area contributed by atoms with Crippen LogP contribution in [0.25, 0.3) is 10.9 Å². The third-order valence-electron chi connectivity index (χ3n) is 5.05. The number of para-hydroxylation sites is 1. The average molecular weight is 312 g/mol. The molecule has 2 saturated heterocycles. The molecule has 0 bridgehead atoms. The number of likely N-dealkylation sites (tertiary alicyclic amines) is 1. The van der Waals surface area contributed by atoms with E-state index >= 15 is 0 Å². The molecule has 0 unspecified atom stereocenters. The number of carbonyl (C=O) groups excluding carboxylic acids is 1. The molecule has 1 amide bonds. The molecule has 1 spiro atoms. The third-order valence-corrected chi connectivity index (χ3v) is 5.05. The summed E-state index contributed by atoms with van der Waals surface area (Å²) in [4.78, 5) is 19.1. The molecule has 2 fully saturated rings. The Bertz CT molecular complexity index is 735. The summed E-state index contributed by atoms with van der Waals surface area (Å²) in [5, 5.41) is 0.904. The first-order valence-electron chi connectivity index (χ1n) is 7.99. The molecular weight excluding hydrogens is 292 g/mol. The van der Waals surface area contributed by atoms with E-state index in [9.17, 15) is 4.79 Å². The lowest BCUT2D eigenvalue weighted by Crippen LogP contribution is -2.66. The van der Waals surface area contributed by atoms with E-state index in [1.165, 1.54) is 0 Å². The number of pyridine rings is 1. The molecule has 1 aromatic heterocycles. The molecule has 1 atom stereocenters. The first kappa shape index (κ1) is 14.6. The van der Waals surface area contributed by atoms with Crippen LogP contribution >= 0.6 is 0 Å². The molecule has 0 aliphatic carbocycles. The smallest absolute Gasteiger partial charge is 0.254 e. The van der Waals surface area contributed by atoms with E-state index < -0.39 is 0 Å². The summed E-state index contributed by atoms with van der Waals surface area (Å²) in [6, 6.07) is 9.55. The maximum absolute atomic E-state index is 12.9. The maximum Gasteiger partial charge on any atom is 0.254 e. The fraction of sp³-hybridized carbons (Fsp3) is 0.444. The van der Waals surface area contributed by atoms with Crippen LogP contribution in [-0.4, -0.2) is 54.8 Å². The van der Waals surface area contributed by atoms with E-state index in [2.05, 4.69) is 4.98 Å². The molecule has 120 valence electrons. The molecule has 0 saturated carbocycles. The number of benzene rings is 1. The number of amides is 1. The zero-order chi connectivity index (χ0) is 15.9. The number of aromatic nitrogens is 1. The summed E-state index contributed by atoms with van der Waals surface area (Å²) >= 11 is 0. The van der Waals surface area contributed by atoms with Crippen LogP contribution in [0.4, 0.5) is 0 Å². The van der Waals surface area contributed by atoms with Gasteiger partial charge in [0.05, 0.1) is 30.8 Å². The van der Waals surface area contributed by atoms with Crippen LogP contribution in [0, 0.1) is 5.92 Å². The monoisotopic (exact) mass is 312 g/mol. The van der Waals surface area contributed by atoms with E-state index in [4.69, 9.17) is 9.47 Å². The highest BCUT2D eigenvalue weighted by Crippen LogP contribution is 2.40. The van der Waals surface area contributed by atoms with Gasteiger partial charge in [0.2, 0.25) is 0 Å². The summed E-state index contributed by atoms with van der Waals surface area (Å²) in [6.07, 6.45) is 2.71. The average Bonchev–Trinajstić information content (AvgIpc) is 2.96. The van der Waals surface area contributed by atoms with E-state index in [-0.39, 0.29) is 11.5 Å². The Morgan fingerprint density at radius 3 is 3.04 bits per heavy atom. The summed E-state index contributed by atoms with van der Waals surface area (Å²) in [6.45, 7) is 2.75. The molecule has 4 rings (SSSR count). The number of fused-ring (bicyclic) bond motifs is 1. The van der Waals surface area contributed by atoms with Crippen LogP contribution in [-0.2, 0) is 9.47 Å². The maximum atomic E-state index is 12.9.